The van der Waals surface area contributed by atoms with Crippen LogP contribution in [0.3, 0.4) is 0 Å². The molecule has 1 amide bonds. The normalized spacial score (nSPS) is 10.3. The number of hydrogen-bond donors (Lipinski definition) is 3. The average Bonchev–Trinajstić information content (AvgIpc) is 3.04. The van der Waals surface area contributed by atoms with Crippen LogP contribution in [-0.2, 0) is 0 Å². The van der Waals surface area contributed by atoms with Crippen LogP contribution in [0.5, 0.6) is 0 Å². The van der Waals surface area contributed by atoms with Crippen molar-refractivity contribution in [2.75, 3.05) is 17.6 Å². The summed E-state index contributed by atoms with van der Waals surface area (Å²) in [5.74, 6) is -3.05. The van der Waals surface area contributed by atoms with Crippen LogP contribution in [0.1, 0.15) is 30.1 Å². The Morgan fingerprint density at radius 1 is 1.39 bits per heavy atom. The van der Waals surface area contributed by atoms with Crippen LogP contribution in [0.2, 0.25) is 0 Å². The van der Waals surface area contributed by atoms with E-state index in [0.717, 1.165) is 25.0 Å². The second kappa shape index (κ2) is 9.83. The summed E-state index contributed by atoms with van der Waals surface area (Å²) in [6.07, 6.45) is 3.32. The Hall–Kier alpha value is -2.95. The van der Waals surface area contributed by atoms with Gasteiger partial charge in [0.15, 0.2) is 11.5 Å². The number of benzene rings is 1. The summed E-state index contributed by atoms with van der Waals surface area (Å²) in [5.41, 5.74) is 5.00. The number of carbonyl (C=O) groups is 1. The molecule has 148 valence electrons. The summed E-state index contributed by atoms with van der Waals surface area (Å²) in [7, 11) is 0. The van der Waals surface area contributed by atoms with Crippen molar-refractivity contribution in [2.24, 2.45) is 5.18 Å². The first-order valence-electron chi connectivity index (χ1n) is 8.22. The Morgan fingerprint density at radius 2 is 2.14 bits per heavy atom. The van der Waals surface area contributed by atoms with Gasteiger partial charge in [-0.3, -0.25) is 9.89 Å². The van der Waals surface area contributed by atoms with E-state index in [-0.39, 0.29) is 11.4 Å². The van der Waals surface area contributed by atoms with E-state index in [0.29, 0.717) is 22.2 Å². The molecule has 0 aliphatic rings. The van der Waals surface area contributed by atoms with Gasteiger partial charge in [-0.25, -0.2) is 13.8 Å². The molecular formula is C17H17BrF2N6O2. The number of nitrogens with two attached hydrogens (primary N) is 1. The molecule has 0 radical (unpaired) electrons. The minimum absolute atomic E-state index is 0.265. The number of unbranched alkanes of at least 4 members (excludes halogenated alkanes) is 1. The van der Waals surface area contributed by atoms with Crippen molar-refractivity contribution in [3.05, 3.63) is 51.1 Å². The number of carbonyl (C=O) groups excluding carboxylic acids is 1. The highest BCUT2D eigenvalue weighted by Crippen LogP contribution is 2.24. The number of amides is 1. The molecule has 3 rings (SSSR count). The van der Waals surface area contributed by atoms with E-state index in [2.05, 4.69) is 41.6 Å². The minimum Gasteiger partial charge on any atom is -0.396 e. The Bertz CT molecular complexity index is 995. The second-order valence-corrected chi connectivity index (χ2v) is 6.41. The number of H-pyrrole nitrogens is 1. The predicted octanol–water partition coefficient (Wildman–Crippen LogP) is 4.39. The Labute approximate surface area is 167 Å². The first-order chi connectivity index (χ1) is 13.4. The summed E-state index contributed by atoms with van der Waals surface area (Å²) < 4.78 is 28.1. The fourth-order valence-corrected chi connectivity index (χ4v) is 2.51. The third-order valence-corrected chi connectivity index (χ3v) is 4.18. The molecule has 0 spiro atoms. The quantitative estimate of drug-likeness (QED) is 0.299. The largest absolute Gasteiger partial charge is 0.396 e. The number of pyridine rings is 1. The van der Waals surface area contributed by atoms with E-state index in [1.54, 1.807) is 6.07 Å². The monoisotopic (exact) mass is 454 g/mol. The Kier molecular flexibility index (Phi) is 7.50. The molecule has 0 bridgehead atoms. The fraction of sp³-hybridized carbons (Fsp3) is 0.235. The van der Waals surface area contributed by atoms with Gasteiger partial charge in [0, 0.05) is 0 Å². The van der Waals surface area contributed by atoms with Gasteiger partial charge in [-0.2, -0.15) is 10.0 Å². The van der Waals surface area contributed by atoms with Crippen molar-refractivity contribution in [3.8, 4) is 0 Å². The maximum atomic E-state index is 13.8. The maximum absolute atomic E-state index is 13.8. The van der Waals surface area contributed by atoms with Crippen LogP contribution in [0.25, 0.3) is 11.0 Å². The van der Waals surface area contributed by atoms with Crippen molar-refractivity contribution < 1.29 is 13.6 Å². The number of nitrogens with zero attached hydrogens (tertiary/aromatic N) is 3. The number of rotatable bonds is 5. The zero-order valence-electron chi connectivity index (χ0n) is 14.8. The summed E-state index contributed by atoms with van der Waals surface area (Å²) in [4.78, 5) is 25.4. The molecule has 11 heteroatoms. The van der Waals surface area contributed by atoms with E-state index in [1.807, 2.05) is 6.92 Å². The molecule has 8 nitrogen and oxygen atoms in total. The van der Waals surface area contributed by atoms with Crippen molar-refractivity contribution in [2.45, 2.75) is 19.8 Å². The molecule has 0 aliphatic heterocycles. The molecule has 28 heavy (non-hydrogen) atoms. The first-order valence-corrected chi connectivity index (χ1v) is 9.01. The molecule has 3 aromatic rings. The highest BCUT2D eigenvalue weighted by molar-refractivity contribution is 9.10. The molecule has 1 aromatic carbocycles. The third-order valence-electron chi connectivity index (χ3n) is 3.57. The maximum Gasteiger partial charge on any atom is 0.261 e. The van der Waals surface area contributed by atoms with Crippen molar-refractivity contribution >= 4 is 44.2 Å². The fourth-order valence-electron chi connectivity index (χ4n) is 2.13. The van der Waals surface area contributed by atoms with Gasteiger partial charge in [0.2, 0.25) is 0 Å². The number of nitroso groups, excluding NO2 is 1. The molecule has 0 fully saturated rings. The summed E-state index contributed by atoms with van der Waals surface area (Å²) in [6, 6.07) is 3.55. The zero-order valence-corrected chi connectivity index (χ0v) is 16.4. The number of nitrogens with one attached hydrogen (secondary N) is 2. The van der Waals surface area contributed by atoms with Gasteiger partial charge < -0.3 is 11.1 Å². The molecule has 4 N–H and O–H groups in total. The number of halogens is 3. The number of aromatic amines is 1. The van der Waals surface area contributed by atoms with Crippen LogP contribution in [0.4, 0.5) is 20.2 Å². The first kappa shape index (κ1) is 21.4. The lowest BCUT2D eigenvalue weighted by atomic mass is 10.1. The average molecular weight is 455 g/mol. The molecule has 0 aliphatic carbocycles. The number of anilines is 2. The van der Waals surface area contributed by atoms with Crippen LogP contribution >= 0.6 is 15.9 Å². The molecule has 0 saturated heterocycles. The van der Waals surface area contributed by atoms with E-state index in [4.69, 9.17) is 5.73 Å². The highest BCUT2D eigenvalue weighted by atomic mass is 79.9. The van der Waals surface area contributed by atoms with E-state index < -0.39 is 23.1 Å². The SMILES string of the molecule is CCCCN=O.Nc1ccc(F)c(C(=O)Nc2cnc3n[nH]c(Br)c3c2)c1F. The second-order valence-electron chi connectivity index (χ2n) is 5.62. The number of fused-ring (bicyclic) bond motifs is 1. The molecule has 2 aromatic heterocycles. The van der Waals surface area contributed by atoms with Gasteiger partial charge in [0.25, 0.3) is 5.91 Å². The van der Waals surface area contributed by atoms with Crippen LogP contribution in [-0.4, -0.2) is 27.6 Å². The summed E-state index contributed by atoms with van der Waals surface area (Å²) in [5, 5.41) is 12.2. The lowest BCUT2D eigenvalue weighted by Gasteiger charge is -2.08. The van der Waals surface area contributed by atoms with Gasteiger partial charge in [-0.1, -0.05) is 18.5 Å². The van der Waals surface area contributed by atoms with Crippen LogP contribution in [0.15, 0.2) is 34.2 Å². The predicted molar refractivity (Wildman–Crippen MR) is 106 cm³/mol. The Morgan fingerprint density at radius 3 is 2.79 bits per heavy atom. The van der Waals surface area contributed by atoms with Crippen molar-refractivity contribution in [1.29, 1.82) is 0 Å². The molecule has 0 saturated carbocycles. The third kappa shape index (κ3) is 5.06. The number of nitrogen functional groups attached to an aromatic ring is 1. The van der Waals surface area contributed by atoms with Gasteiger partial charge >= 0.3 is 0 Å². The zero-order chi connectivity index (χ0) is 20.7. The smallest absolute Gasteiger partial charge is 0.261 e. The van der Waals surface area contributed by atoms with Gasteiger partial charge in [0.05, 0.1) is 29.5 Å². The lowest BCUT2D eigenvalue weighted by Crippen LogP contribution is -2.17. The minimum atomic E-state index is -1.10. The van der Waals surface area contributed by atoms with Crippen molar-refractivity contribution in [3.63, 3.8) is 0 Å². The molecule has 0 unspecified atom stereocenters. The molecule has 0 atom stereocenters. The van der Waals surface area contributed by atoms with Gasteiger partial charge in [0.1, 0.15) is 16.0 Å². The molecular weight excluding hydrogens is 438 g/mol. The number of hydrogen-bond acceptors (Lipinski definition) is 6. The van der Waals surface area contributed by atoms with E-state index >= 15 is 0 Å². The van der Waals surface area contributed by atoms with Crippen LogP contribution < -0.4 is 11.1 Å². The Balaban J connectivity index is 0.000000409. The summed E-state index contributed by atoms with van der Waals surface area (Å²) >= 11 is 3.24. The van der Waals surface area contributed by atoms with E-state index in [1.165, 1.54) is 6.20 Å². The molecule has 2 heterocycles. The van der Waals surface area contributed by atoms with Crippen LogP contribution in [0, 0.1) is 16.5 Å². The summed E-state index contributed by atoms with van der Waals surface area (Å²) in [6.45, 7) is 2.52. The number of aromatic nitrogens is 3. The standard InChI is InChI=1S/C13H8BrF2N5O.C4H9NO/c14-11-6-3-5(4-18-12(6)21-20-11)19-13(22)9-7(15)1-2-8(17)10(9)16;1-2-3-4-5-6/h1-4H,17H2,(H,19,22)(H,18,20,21);2-4H2,1H3. The van der Waals surface area contributed by atoms with Gasteiger partial charge in [-0.15, -0.1) is 0 Å². The van der Waals surface area contributed by atoms with Gasteiger partial charge in [-0.05, 0) is 40.5 Å². The lowest BCUT2D eigenvalue weighted by molar-refractivity contribution is 0.101. The topological polar surface area (TPSA) is 126 Å². The van der Waals surface area contributed by atoms with E-state index in [9.17, 15) is 18.5 Å². The highest BCUT2D eigenvalue weighted by Gasteiger charge is 2.20. The van der Waals surface area contributed by atoms with Crippen molar-refractivity contribution in [1.82, 2.24) is 15.2 Å².